The highest BCUT2D eigenvalue weighted by Crippen LogP contribution is 2.20. The number of thioether (sulfide) groups is 1. The number of para-hydroxylation sites is 1. The lowest BCUT2D eigenvalue weighted by Crippen LogP contribution is -2.47. The molecule has 0 radical (unpaired) electrons. The van der Waals surface area contributed by atoms with Crippen molar-refractivity contribution in [2.24, 2.45) is 0 Å². The molecule has 0 saturated carbocycles. The largest absolute Gasteiger partial charge is 0.478 e. The fourth-order valence-corrected chi connectivity index (χ4v) is 2.85. The number of rotatable bonds is 7. The van der Waals surface area contributed by atoms with Crippen LogP contribution < -0.4 is 15.6 Å². The van der Waals surface area contributed by atoms with Crippen LogP contribution in [0.4, 0.5) is 4.39 Å². The van der Waals surface area contributed by atoms with E-state index in [1.165, 1.54) is 36.9 Å². The second kappa shape index (κ2) is 10.0. The second-order valence-corrected chi connectivity index (χ2v) is 6.89. The average Bonchev–Trinajstić information content (AvgIpc) is 2.63. The van der Waals surface area contributed by atoms with Crippen LogP contribution in [0.2, 0.25) is 5.02 Å². The number of halogens is 2. The van der Waals surface area contributed by atoms with Gasteiger partial charge < -0.3 is 4.74 Å². The van der Waals surface area contributed by atoms with Gasteiger partial charge in [0.25, 0.3) is 5.91 Å². The molecule has 1 atom stereocenters. The Bertz CT molecular complexity index is 758. The number of benzene rings is 2. The fourth-order valence-electron chi connectivity index (χ4n) is 1.87. The zero-order valence-corrected chi connectivity index (χ0v) is 15.6. The van der Waals surface area contributed by atoms with Gasteiger partial charge in [-0.05, 0) is 43.3 Å². The maximum absolute atomic E-state index is 13.5. The Morgan fingerprint density at radius 2 is 1.85 bits per heavy atom. The molecular weight excluding hydrogens is 379 g/mol. The van der Waals surface area contributed by atoms with Crippen molar-refractivity contribution in [1.82, 2.24) is 10.9 Å². The third-order valence-corrected chi connectivity index (χ3v) is 4.51. The van der Waals surface area contributed by atoms with E-state index < -0.39 is 17.8 Å². The molecular formula is C18H18ClFN2O3S. The molecule has 0 fully saturated rings. The monoisotopic (exact) mass is 396 g/mol. The molecule has 2 N–H and O–H groups in total. The third-order valence-electron chi connectivity index (χ3n) is 3.25. The van der Waals surface area contributed by atoms with Crippen molar-refractivity contribution in [1.29, 1.82) is 0 Å². The number of nitrogens with one attached hydrogen (secondary N) is 2. The molecule has 0 aliphatic rings. The number of hydrogen-bond donors (Lipinski definition) is 2. The lowest BCUT2D eigenvalue weighted by Gasteiger charge is -2.15. The van der Waals surface area contributed by atoms with Crippen LogP contribution in [0.1, 0.15) is 13.3 Å². The predicted molar refractivity (Wildman–Crippen MR) is 99.6 cm³/mol. The standard InChI is InChI=1S/C18H18ClFN2O3S/c1-12(25-16-5-3-2-4-15(16)20)18(24)22-21-17(23)10-11-26-14-8-6-13(19)7-9-14/h2-9,12H,10-11H2,1H3,(H,21,23)(H,22,24). The van der Waals surface area contributed by atoms with Gasteiger partial charge in [-0.15, -0.1) is 11.8 Å². The van der Waals surface area contributed by atoms with Gasteiger partial charge in [0.1, 0.15) is 0 Å². The summed E-state index contributed by atoms with van der Waals surface area (Å²) in [6, 6.07) is 13.1. The van der Waals surface area contributed by atoms with Crippen LogP contribution in [0.5, 0.6) is 5.75 Å². The molecule has 1 unspecified atom stereocenters. The highest BCUT2D eigenvalue weighted by atomic mass is 35.5. The summed E-state index contributed by atoms with van der Waals surface area (Å²) >= 11 is 7.31. The first-order valence-corrected chi connectivity index (χ1v) is 9.20. The number of amides is 2. The molecule has 2 rings (SSSR count). The van der Waals surface area contributed by atoms with Gasteiger partial charge in [-0.25, -0.2) is 4.39 Å². The minimum Gasteiger partial charge on any atom is -0.478 e. The van der Waals surface area contributed by atoms with E-state index in [0.717, 1.165) is 4.90 Å². The van der Waals surface area contributed by atoms with Crippen molar-refractivity contribution in [2.75, 3.05) is 5.75 Å². The summed E-state index contributed by atoms with van der Waals surface area (Å²) in [5, 5.41) is 0.654. The van der Waals surface area contributed by atoms with Gasteiger partial charge in [0.05, 0.1) is 0 Å². The normalized spacial score (nSPS) is 11.5. The quantitative estimate of drug-likeness (QED) is 0.554. The molecule has 0 spiro atoms. The molecule has 0 saturated heterocycles. The van der Waals surface area contributed by atoms with E-state index in [1.54, 1.807) is 18.2 Å². The SMILES string of the molecule is CC(Oc1ccccc1F)C(=O)NNC(=O)CCSc1ccc(Cl)cc1. The molecule has 2 amide bonds. The zero-order chi connectivity index (χ0) is 18.9. The second-order valence-electron chi connectivity index (χ2n) is 5.28. The van der Waals surface area contributed by atoms with Crippen LogP contribution in [-0.4, -0.2) is 23.7 Å². The summed E-state index contributed by atoms with van der Waals surface area (Å²) in [5.41, 5.74) is 4.58. The Morgan fingerprint density at radius 3 is 2.54 bits per heavy atom. The molecule has 0 heterocycles. The Labute approximate surface area is 160 Å². The van der Waals surface area contributed by atoms with Gasteiger partial charge in [-0.2, -0.15) is 0 Å². The molecule has 0 bridgehead atoms. The van der Waals surface area contributed by atoms with Crippen LogP contribution in [0, 0.1) is 5.82 Å². The minimum atomic E-state index is -0.962. The first-order valence-electron chi connectivity index (χ1n) is 7.84. The van der Waals surface area contributed by atoms with Crippen molar-refractivity contribution in [3.05, 3.63) is 59.4 Å². The summed E-state index contributed by atoms with van der Waals surface area (Å²) in [6.07, 6.45) is -0.744. The van der Waals surface area contributed by atoms with E-state index in [-0.39, 0.29) is 18.1 Å². The molecule has 2 aromatic rings. The van der Waals surface area contributed by atoms with Crippen LogP contribution >= 0.6 is 23.4 Å². The highest BCUT2D eigenvalue weighted by molar-refractivity contribution is 7.99. The molecule has 26 heavy (non-hydrogen) atoms. The van der Waals surface area contributed by atoms with Gasteiger partial charge in [-0.3, -0.25) is 20.4 Å². The predicted octanol–water partition coefficient (Wildman–Crippen LogP) is 3.58. The van der Waals surface area contributed by atoms with E-state index in [4.69, 9.17) is 16.3 Å². The first kappa shape index (κ1) is 20.1. The lowest BCUT2D eigenvalue weighted by atomic mass is 10.3. The summed E-state index contributed by atoms with van der Waals surface area (Å²) in [5.74, 6) is -0.953. The first-order chi connectivity index (χ1) is 12.5. The minimum absolute atomic E-state index is 0.0270. The summed E-state index contributed by atoms with van der Waals surface area (Å²) in [4.78, 5) is 24.7. The number of hydrazine groups is 1. The maximum atomic E-state index is 13.5. The Balaban J connectivity index is 1.68. The van der Waals surface area contributed by atoms with Gasteiger partial charge >= 0.3 is 0 Å². The van der Waals surface area contributed by atoms with Gasteiger partial charge in [0, 0.05) is 22.1 Å². The van der Waals surface area contributed by atoms with Crippen molar-refractivity contribution >= 4 is 35.2 Å². The van der Waals surface area contributed by atoms with Gasteiger partial charge in [-0.1, -0.05) is 23.7 Å². The summed E-state index contributed by atoms with van der Waals surface area (Å²) in [7, 11) is 0. The molecule has 0 aromatic heterocycles. The fraction of sp³-hybridized carbons (Fsp3) is 0.222. The number of carbonyl (C=O) groups excluding carboxylic acids is 2. The third kappa shape index (κ3) is 6.57. The topological polar surface area (TPSA) is 67.4 Å². The molecule has 5 nitrogen and oxygen atoms in total. The molecule has 0 aliphatic carbocycles. The van der Waals surface area contributed by atoms with Crippen molar-refractivity contribution < 1.29 is 18.7 Å². The van der Waals surface area contributed by atoms with Crippen LogP contribution in [0.3, 0.4) is 0 Å². The Morgan fingerprint density at radius 1 is 1.15 bits per heavy atom. The number of ether oxygens (including phenoxy) is 1. The molecule has 138 valence electrons. The Hall–Kier alpha value is -2.25. The maximum Gasteiger partial charge on any atom is 0.279 e. The van der Waals surface area contributed by atoms with Gasteiger partial charge in [0.2, 0.25) is 5.91 Å². The van der Waals surface area contributed by atoms with Crippen LogP contribution in [0.15, 0.2) is 53.4 Å². The molecule has 8 heteroatoms. The van der Waals surface area contributed by atoms with E-state index >= 15 is 0 Å². The number of carbonyl (C=O) groups is 2. The summed E-state index contributed by atoms with van der Waals surface area (Å²) in [6.45, 7) is 1.46. The number of hydrogen-bond acceptors (Lipinski definition) is 4. The van der Waals surface area contributed by atoms with Crippen molar-refractivity contribution in [3.8, 4) is 5.75 Å². The van der Waals surface area contributed by atoms with E-state index in [1.807, 2.05) is 12.1 Å². The van der Waals surface area contributed by atoms with Crippen LogP contribution in [-0.2, 0) is 9.59 Å². The van der Waals surface area contributed by atoms with E-state index in [2.05, 4.69) is 10.9 Å². The van der Waals surface area contributed by atoms with E-state index in [9.17, 15) is 14.0 Å². The Kier molecular flexibility index (Phi) is 7.74. The summed E-state index contributed by atoms with van der Waals surface area (Å²) < 4.78 is 18.7. The zero-order valence-electron chi connectivity index (χ0n) is 14.0. The molecule has 2 aromatic carbocycles. The van der Waals surface area contributed by atoms with Crippen molar-refractivity contribution in [3.63, 3.8) is 0 Å². The molecule has 0 aliphatic heterocycles. The highest BCUT2D eigenvalue weighted by Gasteiger charge is 2.16. The van der Waals surface area contributed by atoms with Crippen molar-refractivity contribution in [2.45, 2.75) is 24.3 Å². The van der Waals surface area contributed by atoms with Crippen LogP contribution in [0.25, 0.3) is 0 Å². The van der Waals surface area contributed by atoms with Gasteiger partial charge in [0.15, 0.2) is 17.7 Å². The smallest absolute Gasteiger partial charge is 0.279 e. The van der Waals surface area contributed by atoms with E-state index in [0.29, 0.717) is 10.8 Å². The average molecular weight is 397 g/mol. The lowest BCUT2D eigenvalue weighted by molar-refractivity contribution is -0.132.